The van der Waals surface area contributed by atoms with E-state index in [1.165, 1.54) is 4.90 Å². The molecule has 1 heterocycles. The molecule has 32 heavy (non-hydrogen) atoms. The Morgan fingerprint density at radius 3 is 2.12 bits per heavy atom. The van der Waals surface area contributed by atoms with Gasteiger partial charge in [-0.15, -0.1) is 0 Å². The Hall–Kier alpha value is -1.47. The van der Waals surface area contributed by atoms with Gasteiger partial charge in [-0.1, -0.05) is 104 Å². The first-order valence-electron chi connectivity index (χ1n) is 9.17. The van der Waals surface area contributed by atoms with Gasteiger partial charge in [-0.05, 0) is 23.8 Å². The van der Waals surface area contributed by atoms with Crippen LogP contribution in [0.5, 0.6) is 0 Å². The van der Waals surface area contributed by atoms with Crippen LogP contribution in [0.1, 0.15) is 27.5 Å². The van der Waals surface area contributed by atoms with Crippen LogP contribution in [0.25, 0.3) is 0 Å². The SMILES string of the molecule is O=C1CN(C(=O)c2c(Cl)c(Cl)c(Cl)c(Cl)c2Cl)C(c2ccccc2)c2cc(Br)ccc2N1. The molecule has 3 aromatic rings. The minimum absolute atomic E-state index is 0.0534. The monoisotopic (exact) mass is 590 g/mol. The van der Waals surface area contributed by atoms with Crippen LogP contribution in [-0.2, 0) is 4.79 Å². The number of hydrogen-bond donors (Lipinski definition) is 1. The quantitative estimate of drug-likeness (QED) is 0.243. The Kier molecular flexibility index (Phi) is 6.97. The highest BCUT2D eigenvalue weighted by Crippen LogP contribution is 2.46. The molecule has 3 aromatic carbocycles. The number of halogens is 6. The van der Waals surface area contributed by atoms with Gasteiger partial charge in [-0.2, -0.15) is 0 Å². The molecule has 0 radical (unpaired) electrons. The van der Waals surface area contributed by atoms with E-state index in [4.69, 9.17) is 58.0 Å². The van der Waals surface area contributed by atoms with Crippen molar-refractivity contribution in [3.8, 4) is 0 Å². The van der Waals surface area contributed by atoms with Gasteiger partial charge in [-0.25, -0.2) is 0 Å². The average molecular weight is 594 g/mol. The molecule has 4 nitrogen and oxygen atoms in total. The number of carbonyl (C=O) groups is 2. The predicted octanol–water partition coefficient (Wildman–Crippen LogP) is 7.90. The fourth-order valence-corrected chi connectivity index (χ4v) is 5.28. The van der Waals surface area contributed by atoms with E-state index in [1.807, 2.05) is 42.5 Å². The first-order valence-corrected chi connectivity index (χ1v) is 11.9. The maximum atomic E-state index is 13.8. The van der Waals surface area contributed by atoms with Crippen LogP contribution in [0.15, 0.2) is 53.0 Å². The third-order valence-electron chi connectivity index (χ3n) is 5.01. The molecule has 0 saturated carbocycles. The minimum Gasteiger partial charge on any atom is -0.324 e. The van der Waals surface area contributed by atoms with E-state index in [1.54, 1.807) is 6.07 Å². The van der Waals surface area contributed by atoms with E-state index < -0.39 is 11.9 Å². The van der Waals surface area contributed by atoms with Gasteiger partial charge in [0.25, 0.3) is 5.91 Å². The lowest BCUT2D eigenvalue weighted by Crippen LogP contribution is -2.39. The van der Waals surface area contributed by atoms with Crippen molar-refractivity contribution in [2.24, 2.45) is 0 Å². The second-order valence-electron chi connectivity index (χ2n) is 6.97. The molecule has 0 bridgehead atoms. The molecular formula is C22H12BrCl5N2O2. The van der Waals surface area contributed by atoms with Crippen molar-refractivity contribution in [1.29, 1.82) is 0 Å². The number of nitrogens with zero attached hydrogens (tertiary/aromatic N) is 1. The Balaban J connectivity index is 1.96. The van der Waals surface area contributed by atoms with Gasteiger partial charge >= 0.3 is 0 Å². The number of fused-ring (bicyclic) bond motifs is 1. The second-order valence-corrected chi connectivity index (χ2v) is 9.78. The lowest BCUT2D eigenvalue weighted by Gasteiger charge is -2.31. The average Bonchev–Trinajstić information content (AvgIpc) is 2.92. The Morgan fingerprint density at radius 2 is 1.50 bits per heavy atom. The summed E-state index contributed by atoms with van der Waals surface area (Å²) in [5.74, 6) is -0.990. The molecule has 1 unspecified atom stereocenters. The molecular weight excluding hydrogens is 581 g/mol. The van der Waals surface area contributed by atoms with Gasteiger partial charge in [0.1, 0.15) is 6.54 Å². The molecule has 0 spiro atoms. The molecule has 164 valence electrons. The topological polar surface area (TPSA) is 49.4 Å². The van der Waals surface area contributed by atoms with Gasteiger partial charge in [0, 0.05) is 15.7 Å². The standard InChI is InChI=1S/C22H12BrCl5N2O2/c23-11-6-7-13-12(8-11)21(10-4-2-1-3-5-10)30(9-14(31)29-13)22(32)15-16(24)18(26)20(28)19(27)17(15)25/h1-8,21H,9H2,(H,29,31). The van der Waals surface area contributed by atoms with E-state index in [0.717, 1.165) is 10.0 Å². The first-order chi connectivity index (χ1) is 15.2. The van der Waals surface area contributed by atoms with Crippen LogP contribution in [0.2, 0.25) is 25.1 Å². The van der Waals surface area contributed by atoms with Crippen LogP contribution >= 0.6 is 73.9 Å². The summed E-state index contributed by atoms with van der Waals surface area (Å²) in [5.41, 5.74) is 1.96. The van der Waals surface area contributed by atoms with Crippen LogP contribution < -0.4 is 5.32 Å². The van der Waals surface area contributed by atoms with Crippen LogP contribution in [-0.4, -0.2) is 23.3 Å². The van der Waals surface area contributed by atoms with Crippen LogP contribution in [0.3, 0.4) is 0 Å². The molecule has 10 heteroatoms. The van der Waals surface area contributed by atoms with Crippen molar-refractivity contribution < 1.29 is 9.59 Å². The highest BCUT2D eigenvalue weighted by atomic mass is 79.9. The molecule has 0 aliphatic carbocycles. The Labute approximate surface area is 217 Å². The third kappa shape index (κ3) is 4.23. The number of benzene rings is 3. The fraction of sp³-hybridized carbons (Fsp3) is 0.0909. The van der Waals surface area contributed by atoms with Gasteiger partial charge in [-0.3, -0.25) is 9.59 Å². The van der Waals surface area contributed by atoms with Crippen molar-refractivity contribution in [1.82, 2.24) is 4.90 Å². The number of carbonyl (C=O) groups excluding carboxylic acids is 2. The van der Waals surface area contributed by atoms with Gasteiger partial charge in [0.2, 0.25) is 5.91 Å². The summed E-state index contributed by atoms with van der Waals surface area (Å²) in [6, 6.07) is 14.1. The Bertz CT molecular complexity index is 1220. The molecule has 0 saturated heterocycles. The maximum Gasteiger partial charge on any atom is 0.258 e. The van der Waals surface area contributed by atoms with Crippen molar-refractivity contribution in [2.75, 3.05) is 11.9 Å². The summed E-state index contributed by atoms with van der Waals surface area (Å²) in [5, 5.41) is 2.34. The zero-order chi connectivity index (χ0) is 23.2. The van der Waals surface area contributed by atoms with Crippen LogP contribution in [0, 0.1) is 0 Å². The lowest BCUT2D eigenvalue weighted by atomic mass is 9.95. The van der Waals surface area contributed by atoms with Crippen molar-refractivity contribution >= 4 is 91.4 Å². The summed E-state index contributed by atoms with van der Waals surface area (Å²) >= 11 is 34.7. The van der Waals surface area contributed by atoms with E-state index in [2.05, 4.69) is 21.2 Å². The zero-order valence-corrected chi connectivity index (χ0v) is 21.3. The summed E-state index contributed by atoms with van der Waals surface area (Å²) in [6.07, 6.45) is 0. The fourth-order valence-electron chi connectivity index (χ4n) is 3.60. The van der Waals surface area contributed by atoms with Gasteiger partial charge in [0.15, 0.2) is 0 Å². The summed E-state index contributed by atoms with van der Waals surface area (Å²) in [4.78, 5) is 28.0. The number of anilines is 1. The molecule has 1 N–H and O–H groups in total. The number of rotatable bonds is 2. The first kappa shape index (κ1) is 23.7. The third-order valence-corrected chi connectivity index (χ3v) is 7.78. The number of amides is 2. The molecule has 0 fully saturated rings. The van der Waals surface area contributed by atoms with E-state index >= 15 is 0 Å². The van der Waals surface area contributed by atoms with E-state index in [-0.39, 0.29) is 43.1 Å². The van der Waals surface area contributed by atoms with Gasteiger partial charge in [0.05, 0.1) is 36.7 Å². The van der Waals surface area contributed by atoms with Crippen molar-refractivity contribution in [3.05, 3.63) is 94.8 Å². The maximum absolute atomic E-state index is 13.8. The van der Waals surface area contributed by atoms with E-state index in [0.29, 0.717) is 11.3 Å². The van der Waals surface area contributed by atoms with Crippen molar-refractivity contribution in [2.45, 2.75) is 6.04 Å². The second kappa shape index (κ2) is 9.41. The molecule has 1 atom stereocenters. The molecule has 2 amide bonds. The number of nitrogens with one attached hydrogen (secondary N) is 1. The summed E-state index contributed by atoms with van der Waals surface area (Å²) < 4.78 is 0.786. The smallest absolute Gasteiger partial charge is 0.258 e. The molecule has 1 aliphatic rings. The highest BCUT2D eigenvalue weighted by molar-refractivity contribution is 9.10. The summed E-state index contributed by atoms with van der Waals surface area (Å²) in [6.45, 7) is -0.255. The highest BCUT2D eigenvalue weighted by Gasteiger charge is 2.37. The molecule has 1 aliphatic heterocycles. The lowest BCUT2D eigenvalue weighted by molar-refractivity contribution is -0.117. The van der Waals surface area contributed by atoms with Gasteiger partial charge < -0.3 is 10.2 Å². The molecule has 4 rings (SSSR count). The number of hydrogen-bond acceptors (Lipinski definition) is 2. The van der Waals surface area contributed by atoms with Crippen molar-refractivity contribution in [3.63, 3.8) is 0 Å². The predicted molar refractivity (Wildman–Crippen MR) is 134 cm³/mol. The van der Waals surface area contributed by atoms with E-state index in [9.17, 15) is 9.59 Å². The molecule has 0 aromatic heterocycles. The minimum atomic E-state index is -0.629. The van der Waals surface area contributed by atoms with Crippen LogP contribution in [0.4, 0.5) is 5.69 Å². The Morgan fingerprint density at radius 1 is 0.906 bits per heavy atom. The normalized spacial score (nSPS) is 15.8. The zero-order valence-electron chi connectivity index (χ0n) is 15.9. The summed E-state index contributed by atoms with van der Waals surface area (Å²) in [7, 11) is 0. The largest absolute Gasteiger partial charge is 0.324 e.